The molecule has 0 spiro atoms. The molecular weight excluding hydrogens is 367 g/mol. The minimum absolute atomic E-state index is 0.0174. The maximum atomic E-state index is 13.0. The van der Waals surface area contributed by atoms with Crippen LogP contribution >= 0.6 is 0 Å². The molecule has 1 aliphatic rings. The third kappa shape index (κ3) is 4.86. The molecule has 1 amide bonds. The summed E-state index contributed by atoms with van der Waals surface area (Å²) in [6, 6.07) is 11.1. The Labute approximate surface area is 159 Å². The highest BCUT2D eigenvalue weighted by molar-refractivity contribution is 7.92. The van der Waals surface area contributed by atoms with Gasteiger partial charge in [-0.05, 0) is 61.2 Å². The van der Waals surface area contributed by atoms with Crippen molar-refractivity contribution >= 4 is 21.6 Å². The van der Waals surface area contributed by atoms with Crippen LogP contribution in [0.25, 0.3) is 0 Å². The summed E-state index contributed by atoms with van der Waals surface area (Å²) in [5.41, 5.74) is 0.553. The van der Waals surface area contributed by atoms with Crippen LogP contribution in [0.3, 0.4) is 0 Å². The van der Waals surface area contributed by atoms with E-state index >= 15 is 0 Å². The molecule has 1 fully saturated rings. The number of carbonyl (C=O) groups is 1. The fraction of sp³-hybridized carbons (Fsp3) is 0.350. The van der Waals surface area contributed by atoms with Gasteiger partial charge in [0.1, 0.15) is 5.82 Å². The van der Waals surface area contributed by atoms with Gasteiger partial charge in [0.05, 0.1) is 4.90 Å². The number of hydrogen-bond donors (Lipinski definition) is 2. The van der Waals surface area contributed by atoms with Gasteiger partial charge in [0.2, 0.25) is 0 Å². The van der Waals surface area contributed by atoms with Crippen LogP contribution in [0.15, 0.2) is 53.4 Å². The van der Waals surface area contributed by atoms with Crippen LogP contribution in [0.2, 0.25) is 0 Å². The molecule has 27 heavy (non-hydrogen) atoms. The van der Waals surface area contributed by atoms with Crippen LogP contribution in [0.1, 0.15) is 43.0 Å². The van der Waals surface area contributed by atoms with E-state index in [1.165, 1.54) is 42.8 Å². The SMILES string of the molecule is C[C@H]1CCCC[C@H]1NC(=O)c1cccc(S(=O)(=O)Nc2ccc(F)cc2)c1. The Morgan fingerprint density at radius 3 is 2.48 bits per heavy atom. The van der Waals surface area contributed by atoms with E-state index in [0.29, 0.717) is 11.5 Å². The summed E-state index contributed by atoms with van der Waals surface area (Å²) in [4.78, 5) is 12.5. The van der Waals surface area contributed by atoms with E-state index in [2.05, 4.69) is 17.0 Å². The molecule has 2 N–H and O–H groups in total. The zero-order valence-corrected chi connectivity index (χ0v) is 15.9. The number of halogens is 1. The van der Waals surface area contributed by atoms with Crippen LogP contribution in [0.4, 0.5) is 10.1 Å². The van der Waals surface area contributed by atoms with Gasteiger partial charge in [-0.15, -0.1) is 0 Å². The maximum absolute atomic E-state index is 13.0. The molecule has 1 saturated carbocycles. The molecule has 0 radical (unpaired) electrons. The van der Waals surface area contributed by atoms with Crippen molar-refractivity contribution in [2.45, 2.75) is 43.5 Å². The Morgan fingerprint density at radius 2 is 1.78 bits per heavy atom. The Kier molecular flexibility index (Phi) is 5.79. The van der Waals surface area contributed by atoms with E-state index in [4.69, 9.17) is 0 Å². The standard InChI is InChI=1S/C20H23FN2O3S/c1-14-5-2-3-8-19(14)22-20(24)15-6-4-7-18(13-15)27(25,26)23-17-11-9-16(21)10-12-17/h4,6-7,9-14,19,23H,2-3,5,8H2,1H3,(H,22,24)/t14-,19+/m0/s1. The average Bonchev–Trinajstić information content (AvgIpc) is 2.65. The lowest BCUT2D eigenvalue weighted by molar-refractivity contribution is 0.0910. The van der Waals surface area contributed by atoms with Gasteiger partial charge in [-0.3, -0.25) is 9.52 Å². The summed E-state index contributed by atoms with van der Waals surface area (Å²) in [5, 5.41) is 3.02. The van der Waals surface area contributed by atoms with Gasteiger partial charge >= 0.3 is 0 Å². The summed E-state index contributed by atoms with van der Waals surface area (Å²) >= 11 is 0. The van der Waals surface area contributed by atoms with Gasteiger partial charge in [-0.1, -0.05) is 25.8 Å². The first-order valence-electron chi connectivity index (χ1n) is 9.04. The predicted octanol–water partition coefficient (Wildman–Crippen LogP) is 3.94. The smallest absolute Gasteiger partial charge is 0.261 e. The van der Waals surface area contributed by atoms with Gasteiger partial charge in [-0.25, -0.2) is 12.8 Å². The van der Waals surface area contributed by atoms with Crippen molar-refractivity contribution in [1.82, 2.24) is 5.32 Å². The molecule has 7 heteroatoms. The highest BCUT2D eigenvalue weighted by atomic mass is 32.2. The van der Waals surface area contributed by atoms with E-state index in [0.717, 1.165) is 19.3 Å². The predicted molar refractivity (Wildman–Crippen MR) is 103 cm³/mol. The first kappa shape index (κ1) is 19.4. The minimum Gasteiger partial charge on any atom is -0.349 e. The second kappa shape index (κ2) is 8.08. The molecule has 1 aliphatic carbocycles. The van der Waals surface area contributed by atoms with E-state index in [1.807, 2.05) is 0 Å². The minimum atomic E-state index is -3.88. The van der Waals surface area contributed by atoms with Crippen molar-refractivity contribution < 1.29 is 17.6 Å². The zero-order valence-electron chi connectivity index (χ0n) is 15.1. The molecule has 0 aliphatic heterocycles. The molecule has 3 rings (SSSR count). The van der Waals surface area contributed by atoms with E-state index in [-0.39, 0.29) is 22.5 Å². The Bertz CT molecular complexity index is 913. The van der Waals surface area contributed by atoms with Crippen LogP contribution in [-0.4, -0.2) is 20.4 Å². The third-order valence-corrected chi connectivity index (χ3v) is 6.31. The molecule has 0 heterocycles. The number of nitrogens with one attached hydrogen (secondary N) is 2. The first-order valence-corrected chi connectivity index (χ1v) is 10.5. The van der Waals surface area contributed by atoms with E-state index in [1.54, 1.807) is 12.1 Å². The summed E-state index contributed by atoms with van der Waals surface area (Å²) in [6.45, 7) is 2.12. The van der Waals surface area contributed by atoms with Crippen LogP contribution < -0.4 is 10.0 Å². The van der Waals surface area contributed by atoms with Gasteiger partial charge < -0.3 is 5.32 Å². The van der Waals surface area contributed by atoms with E-state index in [9.17, 15) is 17.6 Å². The van der Waals surface area contributed by atoms with Crippen LogP contribution in [-0.2, 0) is 10.0 Å². The maximum Gasteiger partial charge on any atom is 0.261 e. The largest absolute Gasteiger partial charge is 0.349 e. The van der Waals surface area contributed by atoms with Gasteiger partial charge in [0.15, 0.2) is 0 Å². The van der Waals surface area contributed by atoms with Crippen molar-refractivity contribution in [3.63, 3.8) is 0 Å². The lowest BCUT2D eigenvalue weighted by atomic mass is 9.86. The Balaban J connectivity index is 1.75. The molecule has 144 valence electrons. The van der Waals surface area contributed by atoms with Gasteiger partial charge in [-0.2, -0.15) is 0 Å². The monoisotopic (exact) mass is 390 g/mol. The third-order valence-electron chi connectivity index (χ3n) is 4.93. The zero-order chi connectivity index (χ0) is 19.4. The number of anilines is 1. The highest BCUT2D eigenvalue weighted by Crippen LogP contribution is 2.24. The number of amides is 1. The Morgan fingerprint density at radius 1 is 1.07 bits per heavy atom. The van der Waals surface area contributed by atoms with Crippen LogP contribution in [0, 0.1) is 11.7 Å². The van der Waals surface area contributed by atoms with Crippen molar-refractivity contribution in [3.05, 3.63) is 59.9 Å². The van der Waals surface area contributed by atoms with Crippen molar-refractivity contribution in [2.24, 2.45) is 5.92 Å². The van der Waals surface area contributed by atoms with E-state index < -0.39 is 15.8 Å². The topological polar surface area (TPSA) is 75.3 Å². The number of carbonyl (C=O) groups excluding carboxylic acids is 1. The number of sulfonamides is 1. The number of benzene rings is 2. The summed E-state index contributed by atoms with van der Waals surface area (Å²) < 4.78 is 40.5. The average molecular weight is 390 g/mol. The van der Waals surface area contributed by atoms with Crippen molar-refractivity contribution in [1.29, 1.82) is 0 Å². The number of hydrogen-bond acceptors (Lipinski definition) is 3. The molecule has 2 aromatic carbocycles. The molecule has 2 aromatic rings. The highest BCUT2D eigenvalue weighted by Gasteiger charge is 2.24. The molecule has 0 aromatic heterocycles. The number of rotatable bonds is 5. The summed E-state index contributed by atoms with van der Waals surface area (Å²) in [5.74, 6) is -0.309. The van der Waals surface area contributed by atoms with Crippen LogP contribution in [0.5, 0.6) is 0 Å². The quantitative estimate of drug-likeness (QED) is 0.812. The lowest BCUT2D eigenvalue weighted by Crippen LogP contribution is -2.41. The fourth-order valence-electron chi connectivity index (χ4n) is 3.32. The molecule has 0 unspecified atom stereocenters. The summed E-state index contributed by atoms with van der Waals surface area (Å²) in [6.07, 6.45) is 4.29. The molecule has 0 bridgehead atoms. The lowest BCUT2D eigenvalue weighted by Gasteiger charge is -2.29. The van der Waals surface area contributed by atoms with Gasteiger partial charge in [0.25, 0.3) is 15.9 Å². The molecule has 0 saturated heterocycles. The van der Waals surface area contributed by atoms with Crippen molar-refractivity contribution in [3.8, 4) is 0 Å². The Hall–Kier alpha value is -2.41. The normalized spacial score (nSPS) is 20.1. The summed E-state index contributed by atoms with van der Waals surface area (Å²) in [7, 11) is -3.88. The fourth-order valence-corrected chi connectivity index (χ4v) is 4.42. The molecule has 5 nitrogen and oxygen atoms in total. The van der Waals surface area contributed by atoms with Gasteiger partial charge in [0, 0.05) is 17.3 Å². The second-order valence-electron chi connectivity index (χ2n) is 6.98. The second-order valence-corrected chi connectivity index (χ2v) is 8.66. The molecule has 2 atom stereocenters. The molecular formula is C20H23FN2O3S. The first-order chi connectivity index (χ1) is 12.8. The van der Waals surface area contributed by atoms with Crippen molar-refractivity contribution in [2.75, 3.05) is 4.72 Å².